The average molecular weight is 235 g/mol. The topological polar surface area (TPSA) is 56.8 Å². The van der Waals surface area contributed by atoms with E-state index in [1.54, 1.807) is 32.2 Å². The summed E-state index contributed by atoms with van der Waals surface area (Å²) in [6.45, 7) is 1.59. The summed E-state index contributed by atoms with van der Waals surface area (Å²) >= 11 is 5.87. The van der Waals surface area contributed by atoms with Gasteiger partial charge in [-0.25, -0.2) is 0 Å². The summed E-state index contributed by atoms with van der Waals surface area (Å²) in [6.07, 6.45) is 0.295. The highest BCUT2D eigenvalue weighted by Gasteiger charge is 2.25. The molecule has 0 aliphatic rings. The van der Waals surface area contributed by atoms with E-state index in [0.29, 0.717) is 17.2 Å². The normalized spacial score (nSPS) is 10.3. The molecule has 1 aromatic carbocycles. The summed E-state index contributed by atoms with van der Waals surface area (Å²) in [5, 5.41) is 18.4. The van der Waals surface area contributed by atoms with E-state index in [-0.39, 0.29) is 0 Å². The standard InChI is InChI=1S/C12H11ClN2O/c1-12(7-14,8-15)6-9-5-10(13)3-4-11(9)16-2/h3-5H,6H2,1-2H3. The molecule has 0 aromatic heterocycles. The molecule has 4 heteroatoms. The maximum Gasteiger partial charge on any atom is 0.145 e. The fourth-order valence-corrected chi connectivity index (χ4v) is 1.56. The number of rotatable bonds is 3. The van der Waals surface area contributed by atoms with Crippen LogP contribution < -0.4 is 4.74 Å². The monoisotopic (exact) mass is 234 g/mol. The molecule has 0 heterocycles. The minimum atomic E-state index is -1.06. The molecule has 0 spiro atoms. The third kappa shape index (κ3) is 2.66. The average Bonchev–Trinajstić information content (AvgIpc) is 2.29. The first-order valence-corrected chi connectivity index (χ1v) is 5.07. The lowest BCUT2D eigenvalue weighted by molar-refractivity contribution is 0.405. The molecule has 3 nitrogen and oxygen atoms in total. The van der Waals surface area contributed by atoms with E-state index in [2.05, 4.69) is 0 Å². The van der Waals surface area contributed by atoms with Crippen molar-refractivity contribution >= 4 is 11.6 Å². The fourth-order valence-electron chi connectivity index (χ4n) is 1.37. The highest BCUT2D eigenvalue weighted by molar-refractivity contribution is 6.30. The van der Waals surface area contributed by atoms with Crippen LogP contribution in [0.5, 0.6) is 5.75 Å². The Morgan fingerprint density at radius 3 is 2.50 bits per heavy atom. The molecule has 0 aliphatic heterocycles. The number of halogens is 1. The van der Waals surface area contributed by atoms with E-state index in [9.17, 15) is 0 Å². The van der Waals surface area contributed by atoms with E-state index in [1.165, 1.54) is 0 Å². The summed E-state index contributed by atoms with van der Waals surface area (Å²) in [7, 11) is 1.54. The van der Waals surface area contributed by atoms with Crippen LogP contribution in [0.3, 0.4) is 0 Å². The van der Waals surface area contributed by atoms with Crippen molar-refractivity contribution in [1.82, 2.24) is 0 Å². The molecule has 0 fully saturated rings. The Kier molecular flexibility index (Phi) is 3.77. The van der Waals surface area contributed by atoms with Gasteiger partial charge >= 0.3 is 0 Å². The largest absolute Gasteiger partial charge is 0.496 e. The van der Waals surface area contributed by atoms with Gasteiger partial charge in [0.1, 0.15) is 11.2 Å². The summed E-state index contributed by atoms with van der Waals surface area (Å²) in [4.78, 5) is 0. The number of hydrogen-bond donors (Lipinski definition) is 0. The third-order valence-electron chi connectivity index (χ3n) is 2.28. The van der Waals surface area contributed by atoms with E-state index in [0.717, 1.165) is 5.56 Å². The predicted molar refractivity (Wildman–Crippen MR) is 61.0 cm³/mol. The van der Waals surface area contributed by atoms with Crippen LogP contribution in [0.1, 0.15) is 12.5 Å². The van der Waals surface area contributed by atoms with Crippen LogP contribution in [0.2, 0.25) is 5.02 Å². The predicted octanol–water partition coefficient (Wildman–Crippen LogP) is 2.94. The quantitative estimate of drug-likeness (QED) is 0.808. The number of benzene rings is 1. The van der Waals surface area contributed by atoms with E-state index < -0.39 is 5.41 Å². The van der Waals surface area contributed by atoms with Gasteiger partial charge in [0.2, 0.25) is 0 Å². The molecule has 16 heavy (non-hydrogen) atoms. The van der Waals surface area contributed by atoms with Crippen LogP contribution in [-0.4, -0.2) is 7.11 Å². The van der Waals surface area contributed by atoms with Gasteiger partial charge in [0, 0.05) is 11.4 Å². The minimum absolute atomic E-state index is 0.295. The molecule has 0 unspecified atom stereocenters. The van der Waals surface area contributed by atoms with Crippen LogP contribution in [0.4, 0.5) is 0 Å². The highest BCUT2D eigenvalue weighted by atomic mass is 35.5. The molecule has 0 saturated heterocycles. The lowest BCUT2D eigenvalue weighted by Gasteiger charge is -2.15. The fraction of sp³-hybridized carbons (Fsp3) is 0.333. The Hall–Kier alpha value is -1.71. The molecule has 0 saturated carbocycles. The van der Waals surface area contributed by atoms with E-state index in [1.807, 2.05) is 12.1 Å². The van der Waals surface area contributed by atoms with Gasteiger partial charge in [0.25, 0.3) is 0 Å². The van der Waals surface area contributed by atoms with E-state index in [4.69, 9.17) is 26.9 Å². The van der Waals surface area contributed by atoms with Gasteiger partial charge in [0.05, 0.1) is 19.2 Å². The van der Waals surface area contributed by atoms with Crippen molar-refractivity contribution in [3.63, 3.8) is 0 Å². The molecule has 0 N–H and O–H groups in total. The molecule has 0 aliphatic carbocycles. The molecule has 1 rings (SSSR count). The Labute approximate surface area is 99.8 Å². The van der Waals surface area contributed by atoms with Crippen LogP contribution in [-0.2, 0) is 6.42 Å². The van der Waals surface area contributed by atoms with Crippen molar-refractivity contribution in [3.8, 4) is 17.9 Å². The molecule has 82 valence electrons. The Morgan fingerprint density at radius 1 is 1.38 bits per heavy atom. The maximum absolute atomic E-state index is 8.93. The second-order valence-electron chi connectivity index (χ2n) is 3.69. The molecule has 1 aromatic rings. The van der Waals surface area contributed by atoms with Crippen LogP contribution >= 0.6 is 11.6 Å². The first-order chi connectivity index (χ1) is 7.54. The smallest absolute Gasteiger partial charge is 0.145 e. The Morgan fingerprint density at radius 2 is 2.00 bits per heavy atom. The Balaban J connectivity index is 3.11. The first-order valence-electron chi connectivity index (χ1n) is 4.69. The van der Waals surface area contributed by atoms with Crippen molar-refractivity contribution in [3.05, 3.63) is 28.8 Å². The van der Waals surface area contributed by atoms with Gasteiger partial charge in [0.15, 0.2) is 0 Å². The maximum atomic E-state index is 8.93. The van der Waals surface area contributed by atoms with Gasteiger partial charge in [-0.2, -0.15) is 10.5 Å². The molecule has 0 radical (unpaired) electrons. The molecule has 0 atom stereocenters. The summed E-state index contributed by atoms with van der Waals surface area (Å²) in [5.41, 5.74) is -0.293. The lowest BCUT2D eigenvalue weighted by atomic mass is 9.86. The van der Waals surface area contributed by atoms with Gasteiger partial charge in [-0.15, -0.1) is 0 Å². The molecule has 0 bridgehead atoms. The van der Waals surface area contributed by atoms with Gasteiger partial charge in [-0.1, -0.05) is 11.6 Å². The van der Waals surface area contributed by atoms with Crippen LogP contribution in [0.25, 0.3) is 0 Å². The van der Waals surface area contributed by atoms with Gasteiger partial charge in [-0.05, 0) is 30.7 Å². The summed E-state index contributed by atoms with van der Waals surface area (Å²) < 4.78 is 5.16. The van der Waals surface area contributed by atoms with Crippen molar-refractivity contribution < 1.29 is 4.74 Å². The van der Waals surface area contributed by atoms with Gasteiger partial charge in [-0.3, -0.25) is 0 Å². The number of nitriles is 2. The number of hydrogen-bond acceptors (Lipinski definition) is 3. The number of methoxy groups -OCH3 is 1. The van der Waals surface area contributed by atoms with Crippen LogP contribution in [0.15, 0.2) is 18.2 Å². The Bertz CT molecular complexity index is 457. The van der Waals surface area contributed by atoms with Gasteiger partial charge < -0.3 is 4.74 Å². The number of nitrogens with zero attached hydrogens (tertiary/aromatic N) is 2. The van der Waals surface area contributed by atoms with Crippen molar-refractivity contribution in [2.24, 2.45) is 5.41 Å². The first kappa shape index (κ1) is 12.4. The lowest BCUT2D eigenvalue weighted by Crippen LogP contribution is -2.14. The zero-order valence-electron chi connectivity index (χ0n) is 9.12. The van der Waals surface area contributed by atoms with Crippen molar-refractivity contribution in [2.75, 3.05) is 7.11 Å². The van der Waals surface area contributed by atoms with Crippen LogP contribution in [0, 0.1) is 28.1 Å². The second kappa shape index (κ2) is 4.88. The SMILES string of the molecule is COc1ccc(Cl)cc1CC(C)(C#N)C#N. The second-order valence-corrected chi connectivity index (χ2v) is 4.13. The van der Waals surface area contributed by atoms with Crippen molar-refractivity contribution in [1.29, 1.82) is 10.5 Å². The van der Waals surface area contributed by atoms with Crippen molar-refractivity contribution in [2.45, 2.75) is 13.3 Å². The zero-order valence-corrected chi connectivity index (χ0v) is 9.88. The molecular weight excluding hydrogens is 224 g/mol. The molecule has 0 amide bonds. The zero-order chi connectivity index (χ0) is 12.2. The summed E-state index contributed by atoms with van der Waals surface area (Å²) in [6, 6.07) is 9.13. The summed E-state index contributed by atoms with van der Waals surface area (Å²) in [5.74, 6) is 0.640. The third-order valence-corrected chi connectivity index (χ3v) is 2.52. The highest BCUT2D eigenvalue weighted by Crippen LogP contribution is 2.29. The van der Waals surface area contributed by atoms with E-state index >= 15 is 0 Å². The molecular formula is C12H11ClN2O. The number of ether oxygens (including phenoxy) is 1. The minimum Gasteiger partial charge on any atom is -0.496 e.